The van der Waals surface area contributed by atoms with Crippen molar-refractivity contribution >= 4 is 16.8 Å². The van der Waals surface area contributed by atoms with Gasteiger partial charge in [0.25, 0.3) is 0 Å². The third kappa shape index (κ3) is 3.76. The van der Waals surface area contributed by atoms with E-state index in [-0.39, 0.29) is 0 Å². The minimum absolute atomic E-state index is 0.891. The standard InChI is InChI=1S/C13H14N2O.CHF3/c1-9-6-10(8-12-14-3-4-15-12)7-11-2-5-16-13(9)11;2-1(3)4/h2,5-7H,3-4,8H2,1H3,(H,14,15);1H. The minimum Gasteiger partial charge on any atom is -0.464 e. The van der Waals surface area contributed by atoms with Crippen LogP contribution in [0.4, 0.5) is 13.2 Å². The Hall–Kier alpha value is -1.98. The second kappa shape index (κ2) is 6.45. The summed E-state index contributed by atoms with van der Waals surface area (Å²) in [6.07, 6.45) is 2.63. The van der Waals surface area contributed by atoms with Crippen LogP contribution in [0.15, 0.2) is 33.9 Å². The Labute approximate surface area is 114 Å². The molecule has 1 aromatic carbocycles. The first kappa shape index (κ1) is 14.4. The molecule has 0 unspecified atom stereocenters. The lowest BCUT2D eigenvalue weighted by Crippen LogP contribution is -2.20. The molecule has 0 atom stereocenters. The maximum atomic E-state index is 9.67. The molecule has 0 saturated carbocycles. The van der Waals surface area contributed by atoms with Gasteiger partial charge >= 0.3 is 6.68 Å². The number of rotatable bonds is 2. The van der Waals surface area contributed by atoms with Gasteiger partial charge in [-0.05, 0) is 30.2 Å². The van der Waals surface area contributed by atoms with E-state index < -0.39 is 6.68 Å². The van der Waals surface area contributed by atoms with Crippen LogP contribution in [-0.2, 0) is 6.42 Å². The molecular formula is C14H15F3N2O. The predicted octanol–water partition coefficient (Wildman–Crippen LogP) is 3.46. The number of hydrogen-bond acceptors (Lipinski definition) is 3. The molecule has 0 bridgehead atoms. The van der Waals surface area contributed by atoms with Crippen LogP contribution in [0.1, 0.15) is 11.1 Å². The van der Waals surface area contributed by atoms with E-state index in [2.05, 4.69) is 29.4 Å². The first-order chi connectivity index (χ1) is 9.56. The van der Waals surface area contributed by atoms with Crippen LogP contribution in [0.25, 0.3) is 11.0 Å². The lowest BCUT2D eigenvalue weighted by molar-refractivity contribution is 0.00819. The molecular weight excluding hydrogens is 269 g/mol. The monoisotopic (exact) mass is 284 g/mol. The van der Waals surface area contributed by atoms with Crippen LogP contribution >= 0.6 is 0 Å². The highest BCUT2D eigenvalue weighted by molar-refractivity contribution is 5.88. The van der Waals surface area contributed by atoms with E-state index in [1.807, 2.05) is 6.07 Å². The number of nitrogens with zero attached hydrogens (tertiary/aromatic N) is 1. The largest absolute Gasteiger partial charge is 0.464 e. The van der Waals surface area contributed by atoms with Gasteiger partial charge in [0.1, 0.15) is 11.4 Å². The molecule has 1 aliphatic heterocycles. The van der Waals surface area contributed by atoms with Gasteiger partial charge in [-0.3, -0.25) is 4.99 Å². The Kier molecular flexibility index (Phi) is 4.65. The number of amidine groups is 1. The zero-order valence-corrected chi connectivity index (χ0v) is 11.0. The SMILES string of the molecule is Cc1cc(CC2=NCCN2)cc2ccoc12.FC(F)F. The molecule has 2 aromatic rings. The minimum atomic E-state index is -3.67. The smallest absolute Gasteiger partial charge is 0.379 e. The van der Waals surface area contributed by atoms with Gasteiger partial charge in [0.05, 0.1) is 12.8 Å². The molecule has 0 radical (unpaired) electrons. The summed E-state index contributed by atoms with van der Waals surface area (Å²) in [6, 6.07) is 6.36. The van der Waals surface area contributed by atoms with Crippen molar-refractivity contribution in [3.63, 3.8) is 0 Å². The van der Waals surface area contributed by atoms with Crippen molar-refractivity contribution in [2.75, 3.05) is 13.1 Å². The zero-order chi connectivity index (χ0) is 14.5. The van der Waals surface area contributed by atoms with Crippen molar-refractivity contribution in [1.29, 1.82) is 0 Å². The highest BCUT2D eigenvalue weighted by Gasteiger charge is 2.08. The summed E-state index contributed by atoms with van der Waals surface area (Å²) in [5.74, 6) is 1.10. The number of fused-ring (bicyclic) bond motifs is 1. The third-order valence-electron chi connectivity index (χ3n) is 2.91. The van der Waals surface area contributed by atoms with Gasteiger partial charge in [-0.1, -0.05) is 6.07 Å². The van der Waals surface area contributed by atoms with Crippen molar-refractivity contribution in [3.05, 3.63) is 35.6 Å². The lowest BCUT2D eigenvalue weighted by Gasteiger charge is -2.04. The van der Waals surface area contributed by atoms with Gasteiger partial charge in [0, 0.05) is 18.4 Å². The summed E-state index contributed by atoms with van der Waals surface area (Å²) in [7, 11) is 0. The molecule has 0 spiro atoms. The topological polar surface area (TPSA) is 37.5 Å². The fraction of sp³-hybridized carbons (Fsp3) is 0.357. The number of benzene rings is 1. The van der Waals surface area contributed by atoms with Gasteiger partial charge < -0.3 is 9.73 Å². The number of aryl methyl sites for hydroxylation is 1. The van der Waals surface area contributed by atoms with E-state index in [4.69, 9.17) is 4.42 Å². The highest BCUT2D eigenvalue weighted by Crippen LogP contribution is 2.22. The van der Waals surface area contributed by atoms with E-state index >= 15 is 0 Å². The Morgan fingerprint density at radius 3 is 2.75 bits per heavy atom. The Morgan fingerprint density at radius 2 is 2.10 bits per heavy atom. The van der Waals surface area contributed by atoms with Crippen molar-refractivity contribution in [2.24, 2.45) is 4.99 Å². The average Bonchev–Trinajstić information content (AvgIpc) is 2.98. The van der Waals surface area contributed by atoms with E-state index in [1.165, 1.54) is 16.5 Å². The maximum absolute atomic E-state index is 9.67. The van der Waals surface area contributed by atoms with E-state index in [9.17, 15) is 13.2 Å². The van der Waals surface area contributed by atoms with E-state index in [0.29, 0.717) is 0 Å². The molecule has 20 heavy (non-hydrogen) atoms. The first-order valence-electron chi connectivity index (χ1n) is 6.22. The Bertz CT molecular complexity index is 605. The molecule has 2 heterocycles. The van der Waals surface area contributed by atoms with Crippen LogP contribution in [0.5, 0.6) is 0 Å². The zero-order valence-electron chi connectivity index (χ0n) is 11.0. The number of alkyl halides is 3. The summed E-state index contributed by atoms with van der Waals surface area (Å²) in [4.78, 5) is 4.41. The average molecular weight is 284 g/mol. The van der Waals surface area contributed by atoms with Crippen LogP contribution < -0.4 is 5.32 Å². The quantitative estimate of drug-likeness (QED) is 0.917. The molecule has 3 rings (SSSR count). The second-order valence-corrected chi connectivity index (χ2v) is 4.43. The van der Waals surface area contributed by atoms with Crippen molar-refractivity contribution < 1.29 is 17.6 Å². The van der Waals surface area contributed by atoms with Gasteiger partial charge in [-0.25, -0.2) is 0 Å². The lowest BCUT2D eigenvalue weighted by atomic mass is 10.1. The Balaban J connectivity index is 0.000000328. The molecule has 108 valence electrons. The molecule has 0 amide bonds. The normalized spacial score (nSPS) is 13.9. The van der Waals surface area contributed by atoms with Crippen LogP contribution in [0, 0.1) is 6.92 Å². The van der Waals surface area contributed by atoms with Crippen LogP contribution in [0.3, 0.4) is 0 Å². The second-order valence-electron chi connectivity index (χ2n) is 4.43. The summed E-state index contributed by atoms with van der Waals surface area (Å²) in [5, 5.41) is 4.47. The van der Waals surface area contributed by atoms with Crippen molar-refractivity contribution in [2.45, 2.75) is 20.0 Å². The molecule has 0 fully saturated rings. The van der Waals surface area contributed by atoms with E-state index in [0.717, 1.165) is 30.9 Å². The van der Waals surface area contributed by atoms with Gasteiger partial charge in [0.2, 0.25) is 0 Å². The molecule has 3 nitrogen and oxygen atoms in total. The molecule has 6 heteroatoms. The van der Waals surface area contributed by atoms with Crippen LogP contribution in [0.2, 0.25) is 0 Å². The summed E-state index contributed by atoms with van der Waals surface area (Å²) in [5.41, 5.74) is 3.47. The van der Waals surface area contributed by atoms with Gasteiger partial charge in [-0.2, -0.15) is 13.2 Å². The Morgan fingerprint density at radius 1 is 1.35 bits per heavy atom. The fourth-order valence-electron chi connectivity index (χ4n) is 2.20. The molecule has 0 saturated heterocycles. The van der Waals surface area contributed by atoms with Gasteiger partial charge in [0.15, 0.2) is 0 Å². The maximum Gasteiger partial charge on any atom is 0.379 e. The van der Waals surface area contributed by atoms with Gasteiger partial charge in [-0.15, -0.1) is 0 Å². The van der Waals surface area contributed by atoms with Crippen molar-refractivity contribution in [1.82, 2.24) is 5.32 Å². The fourth-order valence-corrected chi connectivity index (χ4v) is 2.20. The first-order valence-corrected chi connectivity index (χ1v) is 6.22. The number of aliphatic imine (C=N–C) groups is 1. The highest BCUT2D eigenvalue weighted by atomic mass is 19.4. The molecule has 1 N–H and O–H groups in total. The molecule has 1 aromatic heterocycles. The number of furan rings is 1. The number of hydrogen-bond donors (Lipinski definition) is 1. The summed E-state index contributed by atoms with van der Waals surface area (Å²) < 4.78 is 34.4. The predicted molar refractivity (Wildman–Crippen MR) is 72.1 cm³/mol. The van der Waals surface area contributed by atoms with E-state index in [1.54, 1.807) is 6.26 Å². The number of nitrogens with one attached hydrogen (secondary N) is 1. The van der Waals surface area contributed by atoms with Crippen molar-refractivity contribution in [3.8, 4) is 0 Å². The van der Waals surface area contributed by atoms with Crippen LogP contribution in [-0.4, -0.2) is 25.6 Å². The summed E-state index contributed by atoms with van der Waals surface area (Å²) in [6.45, 7) is 0.295. The summed E-state index contributed by atoms with van der Waals surface area (Å²) >= 11 is 0. The third-order valence-corrected chi connectivity index (χ3v) is 2.91. The molecule has 0 aliphatic carbocycles. The molecule has 1 aliphatic rings. The number of halogens is 3.